The predicted molar refractivity (Wildman–Crippen MR) is 102 cm³/mol. The fourth-order valence-corrected chi connectivity index (χ4v) is 3.90. The molecule has 7 heteroatoms. The normalized spacial score (nSPS) is 19.9. The van der Waals surface area contributed by atoms with E-state index in [4.69, 9.17) is 4.74 Å². The van der Waals surface area contributed by atoms with Crippen LogP contribution in [0.3, 0.4) is 0 Å². The van der Waals surface area contributed by atoms with E-state index in [2.05, 4.69) is 27.4 Å². The van der Waals surface area contributed by atoms with E-state index in [1.807, 2.05) is 24.3 Å². The molecule has 0 unspecified atom stereocenters. The molecule has 2 atom stereocenters. The molecule has 0 radical (unpaired) electrons. The van der Waals surface area contributed by atoms with E-state index in [0.29, 0.717) is 29.3 Å². The second-order valence-corrected chi connectivity index (χ2v) is 7.76. The Kier molecular flexibility index (Phi) is 6.55. The standard InChI is InChI=1S/C19H26N4O2S/c1-13-5-3-4-6-16(13)20-18(24)12-26-19-21-17(22-23-19)11-14-7-9-15(25-2)10-8-14/h7-10,13,16H,3-6,11-12H2,1-2H3,(H,20,24)(H,21,22,23)/t13-,16+/m0/s1. The molecule has 1 saturated carbocycles. The van der Waals surface area contributed by atoms with E-state index in [0.717, 1.165) is 23.6 Å². The molecular weight excluding hydrogens is 348 g/mol. The number of H-pyrrole nitrogens is 1. The molecule has 1 amide bonds. The molecule has 2 N–H and O–H groups in total. The third-order valence-electron chi connectivity index (χ3n) is 4.83. The molecule has 1 fully saturated rings. The number of aromatic amines is 1. The minimum Gasteiger partial charge on any atom is -0.497 e. The smallest absolute Gasteiger partial charge is 0.230 e. The summed E-state index contributed by atoms with van der Waals surface area (Å²) in [6.45, 7) is 2.22. The maximum absolute atomic E-state index is 12.2. The Bertz CT molecular complexity index is 717. The SMILES string of the molecule is COc1ccc(Cc2nc(SCC(=O)N[C@@H]3CCCC[C@@H]3C)n[nH]2)cc1. The summed E-state index contributed by atoms with van der Waals surface area (Å²) in [6, 6.07) is 8.19. The van der Waals surface area contributed by atoms with Gasteiger partial charge in [-0.1, -0.05) is 43.7 Å². The van der Waals surface area contributed by atoms with Crippen LogP contribution in [0.4, 0.5) is 0 Å². The molecule has 1 aliphatic carbocycles. The van der Waals surface area contributed by atoms with E-state index >= 15 is 0 Å². The number of nitrogens with one attached hydrogen (secondary N) is 2. The maximum atomic E-state index is 12.2. The van der Waals surface area contributed by atoms with E-state index in [1.165, 1.54) is 31.0 Å². The van der Waals surface area contributed by atoms with Gasteiger partial charge in [-0.25, -0.2) is 4.98 Å². The molecule has 2 aromatic rings. The molecule has 140 valence electrons. The van der Waals surface area contributed by atoms with E-state index in [1.54, 1.807) is 7.11 Å². The summed E-state index contributed by atoms with van der Waals surface area (Å²) in [4.78, 5) is 16.6. The number of ether oxygens (including phenoxy) is 1. The topological polar surface area (TPSA) is 79.9 Å². The van der Waals surface area contributed by atoms with Crippen molar-refractivity contribution in [1.29, 1.82) is 0 Å². The summed E-state index contributed by atoms with van der Waals surface area (Å²) in [5.74, 6) is 2.61. The van der Waals surface area contributed by atoms with Crippen LogP contribution in [0.5, 0.6) is 5.75 Å². The number of hydrogen-bond acceptors (Lipinski definition) is 5. The van der Waals surface area contributed by atoms with Gasteiger partial charge >= 0.3 is 0 Å². The number of amides is 1. The second kappa shape index (κ2) is 9.07. The summed E-state index contributed by atoms with van der Waals surface area (Å²) in [6.07, 6.45) is 5.44. The molecule has 3 rings (SSSR count). The fraction of sp³-hybridized carbons (Fsp3) is 0.526. The van der Waals surface area contributed by atoms with E-state index in [-0.39, 0.29) is 5.91 Å². The highest BCUT2D eigenvalue weighted by atomic mass is 32.2. The van der Waals surface area contributed by atoms with Crippen molar-refractivity contribution in [2.24, 2.45) is 5.92 Å². The minimum absolute atomic E-state index is 0.0651. The average Bonchev–Trinajstić information content (AvgIpc) is 3.10. The number of aromatic nitrogens is 3. The molecule has 1 aromatic carbocycles. The molecule has 1 heterocycles. The zero-order chi connectivity index (χ0) is 18.4. The summed E-state index contributed by atoms with van der Waals surface area (Å²) in [5.41, 5.74) is 1.13. The van der Waals surface area contributed by atoms with Crippen molar-refractivity contribution in [2.45, 2.75) is 50.2 Å². The summed E-state index contributed by atoms with van der Waals surface area (Å²) >= 11 is 1.37. The first kappa shape index (κ1) is 18.8. The zero-order valence-corrected chi connectivity index (χ0v) is 16.1. The zero-order valence-electron chi connectivity index (χ0n) is 15.3. The third kappa shape index (κ3) is 5.24. The molecule has 26 heavy (non-hydrogen) atoms. The van der Waals surface area contributed by atoms with Gasteiger partial charge < -0.3 is 10.1 Å². The van der Waals surface area contributed by atoms with Gasteiger partial charge in [0.25, 0.3) is 0 Å². The largest absolute Gasteiger partial charge is 0.497 e. The first-order valence-electron chi connectivity index (χ1n) is 9.10. The molecule has 1 aliphatic rings. The Labute approximate surface area is 158 Å². The van der Waals surface area contributed by atoms with E-state index < -0.39 is 0 Å². The molecule has 0 aliphatic heterocycles. The highest BCUT2D eigenvalue weighted by Gasteiger charge is 2.22. The molecule has 6 nitrogen and oxygen atoms in total. The van der Waals surface area contributed by atoms with Crippen molar-refractivity contribution < 1.29 is 9.53 Å². The Morgan fingerprint density at radius 2 is 2.08 bits per heavy atom. The van der Waals surface area contributed by atoms with Crippen LogP contribution in [-0.2, 0) is 11.2 Å². The van der Waals surface area contributed by atoms with Crippen molar-refractivity contribution in [3.63, 3.8) is 0 Å². The number of nitrogens with zero attached hydrogens (tertiary/aromatic N) is 2. The lowest BCUT2D eigenvalue weighted by Crippen LogP contribution is -2.41. The lowest BCUT2D eigenvalue weighted by Gasteiger charge is -2.29. The number of thioether (sulfide) groups is 1. The third-order valence-corrected chi connectivity index (χ3v) is 5.68. The van der Waals surface area contributed by atoms with Crippen LogP contribution in [0.15, 0.2) is 29.4 Å². The highest BCUT2D eigenvalue weighted by molar-refractivity contribution is 7.99. The van der Waals surface area contributed by atoms with Crippen LogP contribution in [0.2, 0.25) is 0 Å². The van der Waals surface area contributed by atoms with Gasteiger partial charge in [0.05, 0.1) is 12.9 Å². The predicted octanol–water partition coefficient (Wildman–Crippen LogP) is 3.19. The van der Waals surface area contributed by atoms with Gasteiger partial charge in [-0.3, -0.25) is 9.89 Å². The van der Waals surface area contributed by atoms with Gasteiger partial charge in [-0.05, 0) is 36.5 Å². The minimum atomic E-state index is 0.0651. The van der Waals surface area contributed by atoms with Gasteiger partial charge in [-0.15, -0.1) is 5.10 Å². The van der Waals surface area contributed by atoms with Gasteiger partial charge in [0.15, 0.2) is 0 Å². The maximum Gasteiger partial charge on any atom is 0.230 e. The van der Waals surface area contributed by atoms with E-state index in [9.17, 15) is 4.79 Å². The van der Waals surface area contributed by atoms with Crippen molar-refractivity contribution in [3.05, 3.63) is 35.7 Å². The second-order valence-electron chi connectivity index (χ2n) is 6.81. The van der Waals surface area contributed by atoms with Crippen molar-refractivity contribution in [2.75, 3.05) is 12.9 Å². The van der Waals surface area contributed by atoms with Gasteiger partial charge in [0.1, 0.15) is 11.6 Å². The lowest BCUT2D eigenvalue weighted by molar-refractivity contribution is -0.119. The number of carbonyl (C=O) groups is 1. The quantitative estimate of drug-likeness (QED) is 0.728. The van der Waals surface area contributed by atoms with Gasteiger partial charge in [-0.2, -0.15) is 0 Å². The summed E-state index contributed by atoms with van der Waals surface area (Å²) in [7, 11) is 1.65. The van der Waals surface area contributed by atoms with Crippen molar-refractivity contribution in [1.82, 2.24) is 20.5 Å². The first-order chi connectivity index (χ1) is 12.6. The molecule has 0 bridgehead atoms. The fourth-order valence-electron chi connectivity index (χ4n) is 3.27. The molecular formula is C19H26N4O2S. The van der Waals surface area contributed by atoms with Crippen LogP contribution in [0, 0.1) is 5.92 Å². The summed E-state index contributed by atoms with van der Waals surface area (Å²) in [5, 5.41) is 10.9. The molecule has 0 saturated heterocycles. The number of hydrogen-bond donors (Lipinski definition) is 2. The number of benzene rings is 1. The van der Waals surface area contributed by atoms with Crippen LogP contribution >= 0.6 is 11.8 Å². The van der Waals surface area contributed by atoms with Crippen LogP contribution in [0.25, 0.3) is 0 Å². The van der Waals surface area contributed by atoms with Crippen LogP contribution < -0.4 is 10.1 Å². The van der Waals surface area contributed by atoms with Gasteiger partial charge in [0.2, 0.25) is 11.1 Å². The highest BCUT2D eigenvalue weighted by Crippen LogP contribution is 2.24. The Balaban J connectivity index is 1.46. The van der Waals surface area contributed by atoms with Gasteiger partial charge in [0, 0.05) is 12.5 Å². The van der Waals surface area contributed by atoms with Crippen LogP contribution in [-0.4, -0.2) is 40.0 Å². The monoisotopic (exact) mass is 374 g/mol. The number of rotatable bonds is 7. The Morgan fingerprint density at radius 1 is 1.31 bits per heavy atom. The Morgan fingerprint density at radius 3 is 2.81 bits per heavy atom. The number of carbonyl (C=O) groups excluding carboxylic acids is 1. The van der Waals surface area contributed by atoms with Crippen molar-refractivity contribution in [3.8, 4) is 5.75 Å². The Hall–Kier alpha value is -2.02. The summed E-state index contributed by atoms with van der Waals surface area (Å²) < 4.78 is 5.16. The molecule has 0 spiro atoms. The molecule has 1 aromatic heterocycles. The average molecular weight is 375 g/mol. The first-order valence-corrected chi connectivity index (χ1v) is 10.1. The van der Waals surface area contributed by atoms with Crippen molar-refractivity contribution >= 4 is 17.7 Å². The lowest BCUT2D eigenvalue weighted by atomic mass is 9.86. The van der Waals surface area contributed by atoms with Crippen LogP contribution in [0.1, 0.15) is 44.0 Å². The number of methoxy groups -OCH3 is 1.